The van der Waals surface area contributed by atoms with Crippen LogP contribution in [0.2, 0.25) is 10.0 Å². The molecule has 0 aliphatic heterocycles. The second kappa shape index (κ2) is 8.21. The summed E-state index contributed by atoms with van der Waals surface area (Å²) in [7, 11) is 0. The van der Waals surface area contributed by atoms with Gasteiger partial charge >= 0.3 is 0 Å². The average Bonchev–Trinajstić information content (AvgIpc) is 2.19. The summed E-state index contributed by atoms with van der Waals surface area (Å²) in [4.78, 5) is 0. The lowest BCUT2D eigenvalue weighted by Gasteiger charge is -2.20. The zero-order valence-electron chi connectivity index (χ0n) is 11.8. The van der Waals surface area contributed by atoms with Crippen LogP contribution in [0, 0.1) is 6.92 Å². The third-order valence-electron chi connectivity index (χ3n) is 2.42. The maximum Gasteiger partial charge on any atom is 0.140 e. The van der Waals surface area contributed by atoms with Crippen molar-refractivity contribution in [1.29, 1.82) is 0 Å². The molecule has 0 radical (unpaired) electrons. The zero-order valence-corrected chi connectivity index (χ0v) is 14.2. The fourth-order valence-corrected chi connectivity index (χ4v) is 2.23. The predicted molar refractivity (Wildman–Crippen MR) is 86.3 cm³/mol. The summed E-state index contributed by atoms with van der Waals surface area (Å²) >= 11 is 12.0. The first-order chi connectivity index (χ1) is 8.29. The molecular formula is C14H22Cl3NO. The van der Waals surface area contributed by atoms with E-state index in [2.05, 4.69) is 26.1 Å². The van der Waals surface area contributed by atoms with Crippen molar-refractivity contribution >= 4 is 35.6 Å². The molecule has 0 fully saturated rings. The Balaban J connectivity index is 0.00000324. The first kappa shape index (κ1) is 18.9. The first-order valence-electron chi connectivity index (χ1n) is 6.13. The average molecular weight is 327 g/mol. The maximum absolute atomic E-state index is 6.10. The third kappa shape index (κ3) is 7.26. The molecule has 5 heteroatoms. The molecule has 0 unspecified atom stereocenters. The molecule has 0 amide bonds. The van der Waals surface area contributed by atoms with Crippen LogP contribution in [0.15, 0.2) is 12.1 Å². The molecule has 1 aromatic rings. The summed E-state index contributed by atoms with van der Waals surface area (Å²) in [6, 6.07) is 3.56. The van der Waals surface area contributed by atoms with Gasteiger partial charge in [-0.1, -0.05) is 23.2 Å². The Morgan fingerprint density at radius 3 is 2.37 bits per heavy atom. The highest BCUT2D eigenvalue weighted by Crippen LogP contribution is 2.31. The van der Waals surface area contributed by atoms with E-state index in [4.69, 9.17) is 27.9 Å². The highest BCUT2D eigenvalue weighted by Gasteiger charge is 2.09. The van der Waals surface area contributed by atoms with Gasteiger partial charge in [0.1, 0.15) is 5.75 Å². The number of rotatable bonds is 5. The van der Waals surface area contributed by atoms with E-state index >= 15 is 0 Å². The van der Waals surface area contributed by atoms with E-state index in [1.54, 1.807) is 6.07 Å². The lowest BCUT2D eigenvalue weighted by atomic mass is 10.1. The van der Waals surface area contributed by atoms with E-state index in [1.807, 2.05) is 13.0 Å². The van der Waals surface area contributed by atoms with Gasteiger partial charge in [0.25, 0.3) is 0 Å². The van der Waals surface area contributed by atoms with Gasteiger partial charge in [-0.2, -0.15) is 0 Å². The van der Waals surface area contributed by atoms with Gasteiger partial charge in [-0.25, -0.2) is 0 Å². The fraction of sp³-hybridized carbons (Fsp3) is 0.571. The molecular weight excluding hydrogens is 305 g/mol. The van der Waals surface area contributed by atoms with Crippen molar-refractivity contribution in [1.82, 2.24) is 5.32 Å². The van der Waals surface area contributed by atoms with Gasteiger partial charge < -0.3 is 10.1 Å². The molecule has 0 atom stereocenters. The van der Waals surface area contributed by atoms with E-state index in [-0.39, 0.29) is 17.9 Å². The van der Waals surface area contributed by atoms with Crippen LogP contribution in [0.3, 0.4) is 0 Å². The summed E-state index contributed by atoms with van der Waals surface area (Å²) in [5.74, 6) is 0.733. The molecule has 110 valence electrons. The smallest absolute Gasteiger partial charge is 0.140 e. The highest BCUT2D eigenvalue weighted by atomic mass is 35.5. The minimum atomic E-state index is 0. The standard InChI is InChI=1S/C14H21Cl2NO.ClH/c1-10-8-11(15)9-12(16)13(10)18-7-5-6-17-14(2,3)4;/h8-9,17H,5-7H2,1-4H3;1H. The van der Waals surface area contributed by atoms with Crippen LogP contribution < -0.4 is 10.1 Å². The summed E-state index contributed by atoms with van der Waals surface area (Å²) in [5.41, 5.74) is 1.12. The van der Waals surface area contributed by atoms with Crippen molar-refractivity contribution in [2.24, 2.45) is 0 Å². The molecule has 0 aliphatic carbocycles. The molecule has 0 saturated carbocycles. The van der Waals surface area contributed by atoms with E-state index < -0.39 is 0 Å². The van der Waals surface area contributed by atoms with Crippen molar-refractivity contribution in [2.45, 2.75) is 39.7 Å². The molecule has 0 saturated heterocycles. The Labute approximate surface area is 132 Å². The summed E-state index contributed by atoms with van der Waals surface area (Å²) in [6.45, 7) is 9.95. The Morgan fingerprint density at radius 1 is 1.21 bits per heavy atom. The first-order valence-corrected chi connectivity index (χ1v) is 6.88. The Bertz CT molecular complexity index is 379. The van der Waals surface area contributed by atoms with Gasteiger partial charge in [0.05, 0.1) is 11.6 Å². The minimum Gasteiger partial charge on any atom is -0.492 e. The van der Waals surface area contributed by atoms with Crippen molar-refractivity contribution in [2.75, 3.05) is 13.2 Å². The molecule has 0 spiro atoms. The van der Waals surface area contributed by atoms with Crippen LogP contribution in [-0.4, -0.2) is 18.7 Å². The van der Waals surface area contributed by atoms with Crippen LogP contribution in [0.4, 0.5) is 0 Å². The van der Waals surface area contributed by atoms with E-state index in [1.165, 1.54) is 0 Å². The highest BCUT2D eigenvalue weighted by molar-refractivity contribution is 6.35. The third-order valence-corrected chi connectivity index (χ3v) is 2.92. The summed E-state index contributed by atoms with van der Waals surface area (Å²) < 4.78 is 5.71. The number of aryl methyl sites for hydroxylation is 1. The summed E-state index contributed by atoms with van der Waals surface area (Å²) in [5, 5.41) is 4.62. The van der Waals surface area contributed by atoms with Gasteiger partial charge in [-0.05, 0) is 58.4 Å². The van der Waals surface area contributed by atoms with E-state index in [9.17, 15) is 0 Å². The Hall–Kier alpha value is -0.150. The number of benzene rings is 1. The van der Waals surface area contributed by atoms with Crippen LogP contribution in [0.25, 0.3) is 0 Å². The molecule has 1 rings (SSSR count). The monoisotopic (exact) mass is 325 g/mol. The Kier molecular flexibility index (Phi) is 8.14. The number of nitrogens with one attached hydrogen (secondary N) is 1. The summed E-state index contributed by atoms with van der Waals surface area (Å²) in [6.07, 6.45) is 0.940. The van der Waals surface area contributed by atoms with Crippen LogP contribution in [-0.2, 0) is 0 Å². The van der Waals surface area contributed by atoms with Gasteiger partial charge in [-0.15, -0.1) is 12.4 Å². The maximum atomic E-state index is 6.10. The molecule has 0 heterocycles. The molecule has 1 aromatic carbocycles. The SMILES string of the molecule is Cc1cc(Cl)cc(Cl)c1OCCCNC(C)(C)C.Cl. The normalized spacial score (nSPS) is 11.1. The lowest BCUT2D eigenvalue weighted by molar-refractivity contribution is 0.296. The molecule has 19 heavy (non-hydrogen) atoms. The van der Waals surface area contributed by atoms with Crippen molar-refractivity contribution in [3.63, 3.8) is 0 Å². The van der Waals surface area contributed by atoms with Crippen LogP contribution in [0.5, 0.6) is 5.75 Å². The number of halogens is 3. The van der Waals surface area contributed by atoms with E-state index in [0.29, 0.717) is 16.7 Å². The zero-order chi connectivity index (χ0) is 13.8. The van der Waals surface area contributed by atoms with Crippen LogP contribution in [0.1, 0.15) is 32.8 Å². The number of hydrogen-bond acceptors (Lipinski definition) is 2. The quantitative estimate of drug-likeness (QED) is 0.779. The molecule has 2 nitrogen and oxygen atoms in total. The van der Waals surface area contributed by atoms with Crippen molar-refractivity contribution < 1.29 is 4.74 Å². The molecule has 0 aromatic heterocycles. The number of hydrogen-bond donors (Lipinski definition) is 1. The molecule has 0 bridgehead atoms. The predicted octanol–water partition coefficient (Wildman–Crippen LogP) is 4.88. The van der Waals surface area contributed by atoms with Crippen LogP contribution >= 0.6 is 35.6 Å². The number of ether oxygens (including phenoxy) is 1. The van der Waals surface area contributed by atoms with Gasteiger partial charge in [0.2, 0.25) is 0 Å². The van der Waals surface area contributed by atoms with Gasteiger partial charge in [0, 0.05) is 10.6 Å². The lowest BCUT2D eigenvalue weighted by Crippen LogP contribution is -2.36. The largest absolute Gasteiger partial charge is 0.492 e. The molecule has 1 N–H and O–H groups in total. The van der Waals surface area contributed by atoms with Gasteiger partial charge in [-0.3, -0.25) is 0 Å². The van der Waals surface area contributed by atoms with Gasteiger partial charge in [0.15, 0.2) is 0 Å². The molecule has 0 aliphatic rings. The van der Waals surface area contributed by atoms with Crippen molar-refractivity contribution in [3.8, 4) is 5.75 Å². The van der Waals surface area contributed by atoms with E-state index in [0.717, 1.165) is 24.3 Å². The topological polar surface area (TPSA) is 21.3 Å². The Morgan fingerprint density at radius 2 is 1.84 bits per heavy atom. The second-order valence-corrected chi connectivity index (χ2v) is 6.26. The van der Waals surface area contributed by atoms with Crippen molar-refractivity contribution in [3.05, 3.63) is 27.7 Å². The second-order valence-electron chi connectivity index (χ2n) is 5.41. The fourth-order valence-electron chi connectivity index (χ4n) is 1.58. The minimum absolute atomic E-state index is 0.